The molecular formula is C14H16ClN3O. The maximum absolute atomic E-state index is 6.04. The van der Waals surface area contributed by atoms with Crippen LogP contribution in [0.3, 0.4) is 0 Å². The van der Waals surface area contributed by atoms with Crippen molar-refractivity contribution >= 4 is 11.6 Å². The summed E-state index contributed by atoms with van der Waals surface area (Å²) in [4.78, 5) is 4.61. The molecule has 3 rings (SSSR count). The molecule has 100 valence electrons. The van der Waals surface area contributed by atoms with E-state index in [1.54, 1.807) is 13.2 Å². The number of H-pyrrole nitrogens is 1. The molecular weight excluding hydrogens is 262 g/mol. The summed E-state index contributed by atoms with van der Waals surface area (Å²) in [7, 11) is 1.64. The van der Waals surface area contributed by atoms with Gasteiger partial charge in [-0.1, -0.05) is 24.4 Å². The fourth-order valence-electron chi connectivity index (χ4n) is 2.63. The van der Waals surface area contributed by atoms with Gasteiger partial charge in [0.05, 0.1) is 12.7 Å². The van der Waals surface area contributed by atoms with E-state index >= 15 is 0 Å². The average molecular weight is 278 g/mol. The Morgan fingerprint density at radius 2 is 2.11 bits per heavy atom. The minimum absolute atomic E-state index is 0.520. The lowest BCUT2D eigenvalue weighted by Crippen LogP contribution is -1.95. The van der Waals surface area contributed by atoms with E-state index in [9.17, 15) is 0 Å². The topological polar surface area (TPSA) is 50.8 Å². The van der Waals surface area contributed by atoms with Gasteiger partial charge in [-0.3, -0.25) is 5.10 Å². The lowest BCUT2D eigenvalue weighted by atomic mass is 10.1. The first kappa shape index (κ1) is 12.5. The van der Waals surface area contributed by atoms with Crippen molar-refractivity contribution in [3.05, 3.63) is 29.0 Å². The monoisotopic (exact) mass is 277 g/mol. The Balaban J connectivity index is 1.95. The Hall–Kier alpha value is -1.55. The normalized spacial score (nSPS) is 15.9. The van der Waals surface area contributed by atoms with Gasteiger partial charge in [-0.15, -0.1) is 0 Å². The van der Waals surface area contributed by atoms with Crippen LogP contribution in [0.15, 0.2) is 18.2 Å². The minimum atomic E-state index is 0.520. The van der Waals surface area contributed by atoms with E-state index in [1.807, 2.05) is 12.1 Å². The van der Waals surface area contributed by atoms with Gasteiger partial charge in [0, 0.05) is 10.9 Å². The molecule has 1 N–H and O–H groups in total. The zero-order chi connectivity index (χ0) is 13.2. The second-order valence-electron chi connectivity index (χ2n) is 4.87. The number of rotatable bonds is 3. The van der Waals surface area contributed by atoms with E-state index in [1.165, 1.54) is 25.7 Å². The molecule has 0 bridgehead atoms. The molecule has 4 nitrogen and oxygen atoms in total. The summed E-state index contributed by atoms with van der Waals surface area (Å²) >= 11 is 6.04. The number of hydrogen-bond donors (Lipinski definition) is 1. The van der Waals surface area contributed by atoms with Gasteiger partial charge in [-0.2, -0.15) is 5.10 Å². The van der Waals surface area contributed by atoms with Crippen LogP contribution in [0.25, 0.3) is 11.4 Å². The van der Waals surface area contributed by atoms with Crippen molar-refractivity contribution in [3.63, 3.8) is 0 Å². The lowest BCUT2D eigenvalue weighted by Gasteiger charge is -2.05. The first-order valence-electron chi connectivity index (χ1n) is 6.54. The predicted molar refractivity (Wildman–Crippen MR) is 74.6 cm³/mol. The molecule has 1 heterocycles. The zero-order valence-electron chi connectivity index (χ0n) is 10.8. The maximum Gasteiger partial charge on any atom is 0.184 e. The van der Waals surface area contributed by atoms with Gasteiger partial charge in [0.25, 0.3) is 0 Å². The number of nitrogens with zero attached hydrogens (tertiary/aromatic N) is 2. The Labute approximate surface area is 117 Å². The Morgan fingerprint density at radius 3 is 2.84 bits per heavy atom. The highest BCUT2D eigenvalue weighted by Gasteiger charge is 2.21. The van der Waals surface area contributed by atoms with Gasteiger partial charge in [0.2, 0.25) is 0 Å². The highest BCUT2D eigenvalue weighted by Crippen LogP contribution is 2.34. The molecule has 0 amide bonds. The zero-order valence-corrected chi connectivity index (χ0v) is 11.6. The van der Waals surface area contributed by atoms with Crippen LogP contribution < -0.4 is 4.74 Å². The smallest absolute Gasteiger partial charge is 0.184 e. The molecule has 1 aromatic carbocycles. The van der Waals surface area contributed by atoms with Crippen molar-refractivity contribution in [2.45, 2.75) is 31.6 Å². The van der Waals surface area contributed by atoms with Gasteiger partial charge < -0.3 is 4.74 Å². The Bertz CT molecular complexity index is 576. The van der Waals surface area contributed by atoms with Crippen molar-refractivity contribution in [1.29, 1.82) is 0 Å². The van der Waals surface area contributed by atoms with E-state index in [2.05, 4.69) is 15.2 Å². The summed E-state index contributed by atoms with van der Waals surface area (Å²) in [5.74, 6) is 2.89. The fraction of sp³-hybridized carbons (Fsp3) is 0.429. The van der Waals surface area contributed by atoms with E-state index in [-0.39, 0.29) is 0 Å². The van der Waals surface area contributed by atoms with Crippen LogP contribution in [-0.4, -0.2) is 22.3 Å². The molecule has 1 saturated carbocycles. The second-order valence-corrected chi connectivity index (χ2v) is 5.31. The Kier molecular flexibility index (Phi) is 3.42. The molecule has 1 aliphatic rings. The molecule has 1 fully saturated rings. The lowest BCUT2D eigenvalue weighted by molar-refractivity contribution is 0.416. The van der Waals surface area contributed by atoms with Gasteiger partial charge in [0.1, 0.15) is 11.6 Å². The van der Waals surface area contributed by atoms with Crippen molar-refractivity contribution in [2.24, 2.45) is 0 Å². The van der Waals surface area contributed by atoms with E-state index in [4.69, 9.17) is 16.3 Å². The molecule has 1 aliphatic carbocycles. The van der Waals surface area contributed by atoms with Gasteiger partial charge >= 0.3 is 0 Å². The van der Waals surface area contributed by atoms with Crippen LogP contribution in [0.1, 0.15) is 37.4 Å². The highest BCUT2D eigenvalue weighted by molar-refractivity contribution is 6.30. The molecule has 0 atom stereocenters. The van der Waals surface area contributed by atoms with Crippen LogP contribution in [0, 0.1) is 0 Å². The van der Waals surface area contributed by atoms with Crippen LogP contribution in [0.5, 0.6) is 5.75 Å². The summed E-state index contributed by atoms with van der Waals surface area (Å²) in [6.45, 7) is 0. The molecule has 0 spiro atoms. The quantitative estimate of drug-likeness (QED) is 0.928. The van der Waals surface area contributed by atoms with Crippen molar-refractivity contribution in [1.82, 2.24) is 15.2 Å². The van der Waals surface area contributed by atoms with Crippen LogP contribution in [0.2, 0.25) is 5.02 Å². The first-order chi connectivity index (χ1) is 9.28. The summed E-state index contributed by atoms with van der Waals surface area (Å²) in [5.41, 5.74) is 0.829. The average Bonchev–Trinajstić information content (AvgIpc) is 3.09. The molecule has 5 heteroatoms. The van der Waals surface area contributed by atoms with Crippen molar-refractivity contribution in [3.8, 4) is 17.1 Å². The molecule has 0 aliphatic heterocycles. The van der Waals surface area contributed by atoms with Gasteiger partial charge in [0.15, 0.2) is 5.82 Å². The molecule has 2 aromatic rings. The van der Waals surface area contributed by atoms with E-state index in [0.29, 0.717) is 16.8 Å². The third-order valence-corrected chi connectivity index (χ3v) is 3.88. The molecule has 0 unspecified atom stereocenters. The van der Waals surface area contributed by atoms with Crippen LogP contribution in [0.4, 0.5) is 0 Å². The largest absolute Gasteiger partial charge is 0.496 e. The molecule has 0 radical (unpaired) electrons. The van der Waals surface area contributed by atoms with E-state index < -0.39 is 0 Å². The highest BCUT2D eigenvalue weighted by atomic mass is 35.5. The molecule has 0 saturated heterocycles. The van der Waals surface area contributed by atoms with Gasteiger partial charge in [-0.25, -0.2) is 4.98 Å². The van der Waals surface area contributed by atoms with Crippen molar-refractivity contribution < 1.29 is 4.74 Å². The molecule has 19 heavy (non-hydrogen) atoms. The summed E-state index contributed by atoms with van der Waals surface area (Å²) in [6, 6.07) is 5.47. The number of aromatic nitrogens is 3. The first-order valence-corrected chi connectivity index (χ1v) is 6.92. The third-order valence-electron chi connectivity index (χ3n) is 3.65. The predicted octanol–water partition coefficient (Wildman–Crippen LogP) is 3.79. The van der Waals surface area contributed by atoms with Crippen LogP contribution >= 0.6 is 11.6 Å². The number of methoxy groups -OCH3 is 1. The number of aromatic amines is 1. The van der Waals surface area contributed by atoms with E-state index in [0.717, 1.165) is 17.1 Å². The maximum atomic E-state index is 6.04. The summed E-state index contributed by atoms with van der Waals surface area (Å²) in [6.07, 6.45) is 4.95. The second kappa shape index (κ2) is 5.21. The minimum Gasteiger partial charge on any atom is -0.496 e. The SMILES string of the molecule is COc1ccc(Cl)cc1-c1n[nH]c(C2CCCC2)n1. The molecule has 1 aromatic heterocycles. The number of ether oxygens (including phenoxy) is 1. The van der Waals surface area contributed by atoms with Crippen LogP contribution in [-0.2, 0) is 0 Å². The summed E-state index contributed by atoms with van der Waals surface area (Å²) in [5, 5.41) is 8.02. The number of nitrogens with one attached hydrogen (secondary N) is 1. The number of halogens is 1. The summed E-state index contributed by atoms with van der Waals surface area (Å²) < 4.78 is 5.34. The van der Waals surface area contributed by atoms with Gasteiger partial charge in [-0.05, 0) is 31.0 Å². The Morgan fingerprint density at radius 1 is 1.32 bits per heavy atom. The number of benzene rings is 1. The standard InChI is InChI=1S/C14H16ClN3O/c1-19-12-7-6-10(15)8-11(12)14-16-13(17-18-14)9-4-2-3-5-9/h6-9H,2-5H2,1H3,(H,16,17,18). The number of hydrogen-bond acceptors (Lipinski definition) is 3. The third kappa shape index (κ3) is 2.45. The van der Waals surface area contributed by atoms with Crippen molar-refractivity contribution in [2.75, 3.05) is 7.11 Å². The fourth-order valence-corrected chi connectivity index (χ4v) is 2.80.